The van der Waals surface area contributed by atoms with Crippen LogP contribution in [0, 0.1) is 0 Å². The van der Waals surface area contributed by atoms with Gasteiger partial charge in [0.2, 0.25) is 11.8 Å². The number of carbonyl (C=O) groups is 3. The van der Waals surface area contributed by atoms with Gasteiger partial charge in [0.25, 0.3) is 0 Å². The zero-order valence-electron chi connectivity index (χ0n) is 9.21. The first-order valence-electron chi connectivity index (χ1n) is 5.31. The standard InChI is InChI=1S/C10H16N2O4/c1-2-3-7(13)11-6-8(14)12-10(4-5-10)9(15)16/h2-6H2,1H3,(H,11,13)(H,12,14)(H,15,16). The van der Waals surface area contributed by atoms with Crippen molar-refractivity contribution >= 4 is 17.8 Å². The maximum atomic E-state index is 11.3. The molecule has 6 heteroatoms. The highest BCUT2D eigenvalue weighted by molar-refractivity contribution is 5.91. The van der Waals surface area contributed by atoms with E-state index in [2.05, 4.69) is 10.6 Å². The first kappa shape index (κ1) is 12.5. The summed E-state index contributed by atoms with van der Waals surface area (Å²) in [5.41, 5.74) is -1.08. The Morgan fingerprint density at radius 1 is 1.25 bits per heavy atom. The number of aliphatic carboxylic acids is 1. The van der Waals surface area contributed by atoms with Crippen LogP contribution in [0.3, 0.4) is 0 Å². The first-order chi connectivity index (χ1) is 7.50. The van der Waals surface area contributed by atoms with Crippen LogP contribution in [-0.2, 0) is 14.4 Å². The molecule has 1 fully saturated rings. The highest BCUT2D eigenvalue weighted by atomic mass is 16.4. The van der Waals surface area contributed by atoms with Crippen molar-refractivity contribution in [2.75, 3.05) is 6.54 Å². The molecule has 0 aromatic carbocycles. The van der Waals surface area contributed by atoms with Crippen LogP contribution in [0.15, 0.2) is 0 Å². The van der Waals surface area contributed by atoms with Gasteiger partial charge in [0.05, 0.1) is 6.54 Å². The van der Waals surface area contributed by atoms with Gasteiger partial charge in [-0.1, -0.05) is 6.92 Å². The molecule has 0 spiro atoms. The molecule has 2 amide bonds. The third-order valence-electron chi connectivity index (χ3n) is 2.46. The van der Waals surface area contributed by atoms with Gasteiger partial charge in [-0.25, -0.2) is 4.79 Å². The lowest BCUT2D eigenvalue weighted by Gasteiger charge is -2.12. The molecule has 90 valence electrons. The minimum absolute atomic E-state index is 0.159. The predicted octanol–water partition coefficient (Wildman–Crippen LogP) is -0.364. The molecule has 0 aromatic rings. The molecule has 1 aliphatic carbocycles. The fraction of sp³-hybridized carbons (Fsp3) is 0.700. The van der Waals surface area contributed by atoms with Gasteiger partial charge < -0.3 is 15.7 Å². The Labute approximate surface area is 93.4 Å². The largest absolute Gasteiger partial charge is 0.480 e. The van der Waals surface area contributed by atoms with E-state index in [4.69, 9.17) is 5.11 Å². The Kier molecular flexibility index (Phi) is 3.87. The van der Waals surface area contributed by atoms with E-state index in [1.165, 1.54) is 0 Å². The van der Waals surface area contributed by atoms with Gasteiger partial charge >= 0.3 is 5.97 Å². The van der Waals surface area contributed by atoms with Gasteiger partial charge in [0.15, 0.2) is 0 Å². The zero-order valence-corrected chi connectivity index (χ0v) is 9.21. The summed E-state index contributed by atoms with van der Waals surface area (Å²) in [6.07, 6.45) is 2.00. The number of hydrogen-bond donors (Lipinski definition) is 3. The highest BCUT2D eigenvalue weighted by Gasteiger charge is 2.51. The van der Waals surface area contributed by atoms with E-state index in [0.717, 1.165) is 0 Å². The fourth-order valence-electron chi connectivity index (χ4n) is 1.32. The van der Waals surface area contributed by atoms with Crippen LogP contribution < -0.4 is 10.6 Å². The van der Waals surface area contributed by atoms with E-state index in [9.17, 15) is 14.4 Å². The molecule has 0 bridgehead atoms. The van der Waals surface area contributed by atoms with E-state index in [-0.39, 0.29) is 12.5 Å². The van der Waals surface area contributed by atoms with Gasteiger partial charge in [0, 0.05) is 6.42 Å². The molecule has 0 aliphatic heterocycles. The topological polar surface area (TPSA) is 95.5 Å². The lowest BCUT2D eigenvalue weighted by molar-refractivity contribution is -0.143. The molecular formula is C10H16N2O4. The average Bonchev–Trinajstić information content (AvgIpc) is 2.96. The first-order valence-corrected chi connectivity index (χ1v) is 5.31. The van der Waals surface area contributed by atoms with Crippen molar-refractivity contribution in [1.82, 2.24) is 10.6 Å². The molecule has 0 heterocycles. The summed E-state index contributed by atoms with van der Waals surface area (Å²) >= 11 is 0. The fourth-order valence-corrected chi connectivity index (χ4v) is 1.32. The average molecular weight is 228 g/mol. The molecule has 0 saturated heterocycles. The lowest BCUT2D eigenvalue weighted by atomic mass is 10.2. The summed E-state index contributed by atoms with van der Waals surface area (Å²) in [6, 6.07) is 0. The molecule has 3 N–H and O–H groups in total. The van der Waals surface area contributed by atoms with E-state index >= 15 is 0 Å². The van der Waals surface area contributed by atoms with Crippen LogP contribution in [0.25, 0.3) is 0 Å². The number of nitrogens with one attached hydrogen (secondary N) is 2. The summed E-state index contributed by atoms with van der Waals surface area (Å²) < 4.78 is 0. The SMILES string of the molecule is CCCC(=O)NCC(=O)NC1(C(=O)O)CC1. The van der Waals surface area contributed by atoms with Crippen LogP contribution in [0.4, 0.5) is 0 Å². The molecular weight excluding hydrogens is 212 g/mol. The van der Waals surface area contributed by atoms with E-state index in [1.54, 1.807) is 0 Å². The Morgan fingerprint density at radius 2 is 1.88 bits per heavy atom. The van der Waals surface area contributed by atoms with Gasteiger partial charge in [-0.2, -0.15) is 0 Å². The van der Waals surface area contributed by atoms with E-state index in [1.807, 2.05) is 6.92 Å². The summed E-state index contributed by atoms with van der Waals surface area (Å²) in [5, 5.41) is 13.7. The molecule has 1 aliphatic rings. The molecule has 16 heavy (non-hydrogen) atoms. The number of carboxylic acid groups (broad SMARTS) is 1. The molecule has 6 nitrogen and oxygen atoms in total. The molecule has 0 unspecified atom stereocenters. The van der Waals surface area contributed by atoms with Gasteiger partial charge in [-0.05, 0) is 19.3 Å². The van der Waals surface area contributed by atoms with Crippen LogP contribution in [0.1, 0.15) is 32.6 Å². The van der Waals surface area contributed by atoms with Crippen molar-refractivity contribution in [3.05, 3.63) is 0 Å². The van der Waals surface area contributed by atoms with Crippen molar-refractivity contribution in [2.45, 2.75) is 38.1 Å². The second-order valence-electron chi connectivity index (χ2n) is 3.96. The van der Waals surface area contributed by atoms with E-state index in [0.29, 0.717) is 25.7 Å². The van der Waals surface area contributed by atoms with Crippen LogP contribution in [0.5, 0.6) is 0 Å². The number of hydrogen-bond acceptors (Lipinski definition) is 3. The van der Waals surface area contributed by atoms with Crippen molar-refractivity contribution in [1.29, 1.82) is 0 Å². The Morgan fingerprint density at radius 3 is 2.31 bits per heavy atom. The summed E-state index contributed by atoms with van der Waals surface area (Å²) in [5.74, 6) is -1.66. The van der Waals surface area contributed by atoms with Crippen molar-refractivity contribution in [3.8, 4) is 0 Å². The lowest BCUT2D eigenvalue weighted by Crippen LogP contribution is -2.47. The van der Waals surface area contributed by atoms with Crippen molar-refractivity contribution in [3.63, 3.8) is 0 Å². The second kappa shape index (κ2) is 4.96. The predicted molar refractivity (Wildman–Crippen MR) is 55.7 cm³/mol. The van der Waals surface area contributed by atoms with Crippen molar-refractivity contribution in [2.24, 2.45) is 0 Å². The maximum Gasteiger partial charge on any atom is 0.329 e. The molecule has 1 saturated carbocycles. The van der Waals surface area contributed by atoms with Gasteiger partial charge in [-0.15, -0.1) is 0 Å². The minimum Gasteiger partial charge on any atom is -0.480 e. The van der Waals surface area contributed by atoms with Crippen LogP contribution in [-0.4, -0.2) is 35.0 Å². The molecule has 0 aromatic heterocycles. The third-order valence-corrected chi connectivity index (χ3v) is 2.46. The van der Waals surface area contributed by atoms with Gasteiger partial charge in [0.1, 0.15) is 5.54 Å². The summed E-state index contributed by atoms with van der Waals surface area (Å²) in [6.45, 7) is 1.71. The van der Waals surface area contributed by atoms with Crippen LogP contribution >= 0.6 is 0 Å². The minimum atomic E-state index is -1.08. The second-order valence-corrected chi connectivity index (χ2v) is 3.96. The number of amides is 2. The quantitative estimate of drug-likeness (QED) is 0.578. The number of carboxylic acids is 1. The van der Waals surface area contributed by atoms with E-state index < -0.39 is 17.4 Å². The van der Waals surface area contributed by atoms with Crippen LogP contribution in [0.2, 0.25) is 0 Å². The number of carbonyl (C=O) groups excluding carboxylic acids is 2. The molecule has 0 radical (unpaired) electrons. The summed E-state index contributed by atoms with van der Waals surface area (Å²) in [7, 11) is 0. The maximum absolute atomic E-state index is 11.3. The Hall–Kier alpha value is -1.59. The Bertz CT molecular complexity index is 310. The normalized spacial score (nSPS) is 16.3. The third kappa shape index (κ3) is 3.22. The van der Waals surface area contributed by atoms with Gasteiger partial charge in [-0.3, -0.25) is 9.59 Å². The summed E-state index contributed by atoms with van der Waals surface area (Å²) in [4.78, 5) is 33.1. The monoisotopic (exact) mass is 228 g/mol. The highest BCUT2D eigenvalue weighted by Crippen LogP contribution is 2.35. The molecule has 1 rings (SSSR count). The number of rotatable bonds is 6. The smallest absolute Gasteiger partial charge is 0.329 e. The molecule has 0 atom stereocenters. The Balaban J connectivity index is 2.27. The zero-order chi connectivity index (χ0) is 12.2. The van der Waals surface area contributed by atoms with Crippen molar-refractivity contribution < 1.29 is 19.5 Å².